The van der Waals surface area contributed by atoms with Crippen LogP contribution in [0.15, 0.2) is 176 Å². The van der Waals surface area contributed by atoms with Crippen LogP contribution in [0.25, 0.3) is 67.6 Å². The molecule has 35 heteroatoms. The van der Waals surface area contributed by atoms with Gasteiger partial charge in [0.05, 0.1) is 83.5 Å². The van der Waals surface area contributed by atoms with Crippen molar-refractivity contribution in [1.29, 1.82) is 5.26 Å². The highest BCUT2D eigenvalue weighted by atomic mass is 19.1. The van der Waals surface area contributed by atoms with Gasteiger partial charge in [0, 0.05) is 115 Å². The summed E-state index contributed by atoms with van der Waals surface area (Å²) in [6.07, 6.45) is 8.98. The van der Waals surface area contributed by atoms with Gasteiger partial charge in [-0.25, -0.2) is 55.6 Å². The Morgan fingerprint density at radius 1 is 0.409 bits per heavy atom. The summed E-state index contributed by atoms with van der Waals surface area (Å²) >= 11 is 0. The van der Waals surface area contributed by atoms with Crippen molar-refractivity contribution < 1.29 is 65.8 Å². The lowest BCUT2D eigenvalue weighted by atomic mass is 9.71. The third kappa shape index (κ3) is 22.7. The summed E-state index contributed by atoms with van der Waals surface area (Å²) in [5, 5.41) is 37.1. The smallest absolute Gasteiger partial charge is 0.309 e. The molecule has 0 unspecified atom stereocenters. The number of aromatic nitrogens is 12. The molecule has 13 aromatic rings. The van der Waals surface area contributed by atoms with Gasteiger partial charge >= 0.3 is 5.97 Å². The van der Waals surface area contributed by atoms with Gasteiger partial charge in [0.25, 0.3) is 23.6 Å². The van der Waals surface area contributed by atoms with Crippen molar-refractivity contribution in [3.8, 4) is 51.1 Å². The molecule has 782 valence electrons. The van der Waals surface area contributed by atoms with E-state index in [4.69, 9.17) is 25.3 Å². The number of rotatable bonds is 14. The van der Waals surface area contributed by atoms with E-state index < -0.39 is 39.1 Å². The third-order valence-corrected chi connectivity index (χ3v) is 28.8. The number of halogens is 4. The summed E-state index contributed by atoms with van der Waals surface area (Å²) in [7, 11) is 0. The SMILES string of the molecule is CC(C)(C)c1cc(-c2ccc(F)cc2)nn2cc(C(=O)N3CCN(C(=O)CCC#N)CC3(C)C)nc12.CC(C)(C)c1cc(-c2ccc(F)cc2)nn2cc(C(=O)N3CN(C(C)(C)C)C(=O)C3(C)C)nc12.CC(C)(C)c1cc(-c2ccc(F)cc2)nn2cc(C(=O)N3CN(Cc4ccccc4)C(=O)C3(C)C)nc12.CC1(C(=O)O)CCC(C(=O)N2CCN(C(=O)c3cn4nc(-c5ccc(F)cc5)cc(C(C)(C)C)c4n3)C(C)(C)C2)CC1. The Kier molecular flexibility index (Phi) is 29.5. The first-order chi connectivity index (χ1) is 69.5. The molecule has 31 nitrogen and oxygen atoms in total. The number of piperazine rings is 2. The number of nitrogens with zero attached hydrogens (tertiary/aromatic N) is 21. The minimum Gasteiger partial charge on any atom is -0.481 e. The number of imidazole rings is 4. The van der Waals surface area contributed by atoms with E-state index in [1.807, 2.05) is 114 Å². The molecule has 1 aliphatic carbocycles. The van der Waals surface area contributed by atoms with E-state index in [0.29, 0.717) is 117 Å². The average molecular weight is 2030 g/mol. The third-order valence-electron chi connectivity index (χ3n) is 28.8. The summed E-state index contributed by atoms with van der Waals surface area (Å²) in [5.41, 5.74) is 8.12. The molecule has 4 aliphatic heterocycles. The lowest BCUT2D eigenvalue weighted by molar-refractivity contribution is -0.153. The van der Waals surface area contributed by atoms with Crippen LogP contribution in [0.1, 0.15) is 274 Å². The molecular formula is C114H133F4N21O10. The highest BCUT2D eigenvalue weighted by Gasteiger charge is 2.53. The van der Waals surface area contributed by atoms with Crippen molar-refractivity contribution in [2.75, 3.05) is 52.6 Å². The zero-order valence-corrected chi connectivity index (χ0v) is 89.5. The van der Waals surface area contributed by atoms with Crippen LogP contribution in [0, 0.1) is 45.9 Å². The minimum absolute atomic E-state index is 0.0442. The van der Waals surface area contributed by atoms with Gasteiger partial charge in [-0.05, 0) is 257 Å². The van der Waals surface area contributed by atoms with Crippen molar-refractivity contribution in [2.45, 2.75) is 261 Å². The molecule has 0 radical (unpaired) electrons. The number of hydrogen-bond donors (Lipinski definition) is 1. The molecule has 8 amide bonds. The molecule has 18 rings (SSSR count). The number of aliphatic carboxylic acids is 1. The number of nitriles is 1. The van der Waals surface area contributed by atoms with Gasteiger partial charge in [0.15, 0.2) is 22.6 Å². The standard InChI is InChI=1S/C32H40FN5O4.C29H30FN5O2.C27H31FN6O2.C26H32FN5O2/c1-30(2,3)23-17-24(20-7-9-22(33)10-8-20)35-38-18-25(34-26(23)38)28(40)37-16-15-36(19-31(37,4)5)27(39)21-11-13-32(6,14-12-21)29(41)42;1-28(2,3)22-15-23(20-11-13-21(30)14-12-20)32-35-17-24(31-25(22)35)26(36)34-18-33(27(37)29(34,4)5)16-19-9-7-6-8-10-19;1-26(2,3)20-15-21(18-8-10-19(28)11-9-18)31-34-16-22(30-24(20)34)25(36)33-14-13-32(17-27(33,4)5)23(35)7-6-12-29;1-24(2,3)18-13-19(16-9-11-17(27)12-10-16)29-32-14-20(28-21(18)32)22(33)30-15-31(25(4,5)6)23(34)26(30,7)8/h7-10,17-18,21H,11-16,19H2,1-6H3,(H,41,42);6-15,17H,16,18H2,1-5H3;8-11,15-16H,6-7,13-14,17H2,1-5H3;9-14H,15H2,1-8H3. The maximum atomic E-state index is 13.9. The van der Waals surface area contributed by atoms with E-state index in [0.717, 1.165) is 50.1 Å². The second-order valence-electron chi connectivity index (χ2n) is 47.0. The maximum absolute atomic E-state index is 13.9. The van der Waals surface area contributed by atoms with Crippen LogP contribution in [0.5, 0.6) is 0 Å². The Labute approximate surface area is 865 Å². The monoisotopic (exact) mass is 2030 g/mol. The largest absolute Gasteiger partial charge is 0.481 e. The summed E-state index contributed by atoms with van der Waals surface area (Å²) < 4.78 is 60.4. The van der Waals surface area contributed by atoms with E-state index in [-0.39, 0.29) is 147 Å². The number of fused-ring (bicyclic) bond motifs is 4. The molecule has 1 saturated carbocycles. The van der Waals surface area contributed by atoms with Crippen molar-refractivity contribution in [3.63, 3.8) is 0 Å². The van der Waals surface area contributed by atoms with Crippen LogP contribution >= 0.6 is 0 Å². The predicted octanol–water partition coefficient (Wildman–Crippen LogP) is 19.1. The number of benzene rings is 5. The molecule has 4 saturated heterocycles. The van der Waals surface area contributed by atoms with Crippen molar-refractivity contribution in [3.05, 3.63) is 250 Å². The van der Waals surface area contributed by atoms with Crippen LogP contribution in [-0.2, 0) is 52.2 Å². The zero-order chi connectivity index (χ0) is 109. The Bertz CT molecular complexity index is 7390. The molecule has 5 fully saturated rings. The van der Waals surface area contributed by atoms with E-state index in [9.17, 15) is 65.8 Å². The fourth-order valence-electron chi connectivity index (χ4n) is 19.7. The molecule has 0 bridgehead atoms. The molecule has 5 aliphatic rings. The fourth-order valence-corrected chi connectivity index (χ4v) is 19.7. The molecule has 12 heterocycles. The molecule has 5 aromatic carbocycles. The second kappa shape index (κ2) is 40.6. The average Bonchev–Trinajstić information content (AvgIpc) is 1.61. The first kappa shape index (κ1) is 108. The normalized spacial score (nSPS) is 17.9. The van der Waals surface area contributed by atoms with Crippen molar-refractivity contribution >= 4 is 75.8 Å². The van der Waals surface area contributed by atoms with E-state index in [1.54, 1.807) is 160 Å². The molecule has 1 N–H and O–H groups in total. The highest BCUT2D eigenvalue weighted by Crippen LogP contribution is 2.43. The molecular weight excluding hydrogens is 1900 g/mol. The summed E-state index contributed by atoms with van der Waals surface area (Å²) in [6.45, 7) is 50.4. The summed E-state index contributed by atoms with van der Waals surface area (Å²) in [5.74, 6) is -3.60. The molecule has 0 spiro atoms. The number of carboxylic acid groups (broad SMARTS) is 1. The van der Waals surface area contributed by atoms with Gasteiger partial charge in [-0.15, -0.1) is 0 Å². The van der Waals surface area contributed by atoms with Gasteiger partial charge < -0.3 is 44.3 Å². The topological polar surface area (TPSA) is 344 Å². The van der Waals surface area contributed by atoms with Gasteiger partial charge in [-0.1, -0.05) is 113 Å². The fraction of sp³-hybridized carbons (Fsp3) is 0.439. The number of amides is 8. The molecule has 8 aromatic heterocycles. The zero-order valence-electron chi connectivity index (χ0n) is 89.5. The van der Waals surface area contributed by atoms with E-state index in [2.05, 4.69) is 103 Å². The summed E-state index contributed by atoms with van der Waals surface area (Å²) in [4.78, 5) is 151. The molecule has 149 heavy (non-hydrogen) atoms. The lowest BCUT2D eigenvalue weighted by Crippen LogP contribution is -2.62. The quantitative estimate of drug-likeness (QED) is 0.0988. The maximum Gasteiger partial charge on any atom is 0.309 e. The van der Waals surface area contributed by atoms with E-state index in [1.165, 1.54) is 48.5 Å². The van der Waals surface area contributed by atoms with Crippen molar-refractivity contribution in [2.24, 2.45) is 11.3 Å². The second-order valence-corrected chi connectivity index (χ2v) is 47.0. The van der Waals surface area contributed by atoms with Gasteiger partial charge in [0.2, 0.25) is 23.6 Å². The first-order valence-electron chi connectivity index (χ1n) is 50.3. The highest BCUT2D eigenvalue weighted by molar-refractivity contribution is 6.02. The minimum atomic E-state index is -1.01. The van der Waals surface area contributed by atoms with Crippen LogP contribution in [-0.4, -0.2) is 236 Å². The Morgan fingerprint density at radius 2 is 0.718 bits per heavy atom. The molecule has 0 atom stereocenters. The van der Waals surface area contributed by atoms with Crippen LogP contribution in [0.3, 0.4) is 0 Å². The number of carboxylic acids is 1. The van der Waals surface area contributed by atoms with Gasteiger partial charge in [-0.3, -0.25) is 43.2 Å². The Balaban J connectivity index is 0.000000149. The number of hydrogen-bond acceptors (Lipinski definition) is 18. The summed E-state index contributed by atoms with van der Waals surface area (Å²) in [6, 6.07) is 44.1. The predicted molar refractivity (Wildman–Crippen MR) is 558 cm³/mol. The van der Waals surface area contributed by atoms with Gasteiger partial charge in [-0.2, -0.15) is 25.7 Å². The van der Waals surface area contributed by atoms with Crippen LogP contribution < -0.4 is 0 Å². The Hall–Kier alpha value is -15.0. The van der Waals surface area contributed by atoms with Gasteiger partial charge in [0.1, 0.15) is 57.1 Å². The van der Waals surface area contributed by atoms with Crippen LogP contribution in [0.4, 0.5) is 17.6 Å². The van der Waals surface area contributed by atoms with Crippen molar-refractivity contribution in [1.82, 2.24) is 97.6 Å². The van der Waals surface area contributed by atoms with Crippen LogP contribution in [0.2, 0.25) is 0 Å². The number of carbonyl (C=O) groups excluding carboxylic acids is 8. The first-order valence-corrected chi connectivity index (χ1v) is 50.3. The van der Waals surface area contributed by atoms with E-state index >= 15 is 0 Å². The number of carbonyl (C=O) groups is 9. The Morgan fingerprint density at radius 3 is 1.02 bits per heavy atom. The lowest BCUT2D eigenvalue weighted by Gasteiger charge is -2.48.